The van der Waals surface area contributed by atoms with Crippen LogP contribution in [0, 0.1) is 0 Å². The molecule has 0 N–H and O–H groups in total. The van der Waals surface area contributed by atoms with Crippen molar-refractivity contribution in [3.63, 3.8) is 0 Å². The van der Waals surface area contributed by atoms with Crippen LogP contribution in [0.25, 0.3) is 0 Å². The molecule has 0 radical (unpaired) electrons. The average Bonchev–Trinajstić information content (AvgIpc) is 3.13. The van der Waals surface area contributed by atoms with Crippen LogP contribution in [0.15, 0.2) is 97.1 Å². The second kappa shape index (κ2) is 17.5. The summed E-state index contributed by atoms with van der Waals surface area (Å²) in [4.78, 5) is 26.6. The van der Waals surface area contributed by atoms with Crippen molar-refractivity contribution in [2.24, 2.45) is 0 Å². The summed E-state index contributed by atoms with van der Waals surface area (Å²) in [5.41, 5.74) is 8.17. The Morgan fingerprint density at radius 1 is 0.745 bits per heavy atom. The zero-order valence-corrected chi connectivity index (χ0v) is 27.8. The normalized spacial score (nSPS) is 14.0. The van der Waals surface area contributed by atoms with Crippen molar-refractivity contribution in [1.82, 2.24) is 4.90 Å². The van der Waals surface area contributed by atoms with Gasteiger partial charge in [-0.25, -0.2) is 4.79 Å². The highest BCUT2D eigenvalue weighted by atomic mass is 16.5. The van der Waals surface area contributed by atoms with Crippen molar-refractivity contribution in [3.8, 4) is 5.75 Å². The smallest absolute Gasteiger partial charge is 0.337 e. The Labute approximate surface area is 279 Å². The summed E-state index contributed by atoms with van der Waals surface area (Å²) in [5.74, 6) is 0.454. The first-order chi connectivity index (χ1) is 23.1. The number of hydrogen-bond donors (Lipinski definition) is 0. The fourth-order valence-electron chi connectivity index (χ4n) is 6.66. The first-order valence-electron chi connectivity index (χ1n) is 16.9. The summed E-state index contributed by atoms with van der Waals surface area (Å²) in [6, 6.07) is 33.8. The average molecular weight is 634 g/mol. The SMILES string of the molecule is COC(=O)CCCCN(CCc1ccccc1OCc1ccccc1CCc1ccccc1)C1CCCc2cc(C(=O)OC)ccc21. The van der Waals surface area contributed by atoms with E-state index in [9.17, 15) is 9.59 Å². The number of fused-ring (bicyclic) bond motifs is 1. The lowest BCUT2D eigenvalue weighted by Gasteiger charge is -2.36. The van der Waals surface area contributed by atoms with Gasteiger partial charge in [-0.1, -0.05) is 78.9 Å². The maximum atomic E-state index is 12.2. The van der Waals surface area contributed by atoms with Crippen molar-refractivity contribution in [2.75, 3.05) is 27.3 Å². The first-order valence-corrected chi connectivity index (χ1v) is 16.9. The largest absolute Gasteiger partial charge is 0.489 e. The number of hydrogen-bond acceptors (Lipinski definition) is 6. The number of ether oxygens (including phenoxy) is 3. The molecule has 0 saturated heterocycles. The molecule has 47 heavy (non-hydrogen) atoms. The molecule has 0 aliphatic heterocycles. The van der Waals surface area contributed by atoms with E-state index >= 15 is 0 Å². The molecule has 0 bridgehead atoms. The van der Waals surface area contributed by atoms with Crippen LogP contribution < -0.4 is 4.74 Å². The molecule has 1 aliphatic rings. The quantitative estimate of drug-likeness (QED) is 0.0918. The monoisotopic (exact) mass is 633 g/mol. The second-order valence-electron chi connectivity index (χ2n) is 12.3. The number of nitrogens with zero attached hydrogens (tertiary/aromatic N) is 1. The van der Waals surface area contributed by atoms with Crippen LogP contribution in [0.5, 0.6) is 5.75 Å². The van der Waals surface area contributed by atoms with Gasteiger partial charge in [0.15, 0.2) is 0 Å². The van der Waals surface area contributed by atoms with E-state index in [1.54, 1.807) is 0 Å². The number of unbranched alkanes of at least 4 members (excludes halogenated alkanes) is 1. The molecule has 5 rings (SSSR count). The van der Waals surface area contributed by atoms with Gasteiger partial charge in [-0.15, -0.1) is 0 Å². The Bertz CT molecular complexity index is 1600. The van der Waals surface area contributed by atoms with Gasteiger partial charge in [0.1, 0.15) is 12.4 Å². The Kier molecular flexibility index (Phi) is 12.6. The summed E-state index contributed by atoms with van der Waals surface area (Å²) >= 11 is 0. The molecule has 6 nitrogen and oxygen atoms in total. The minimum Gasteiger partial charge on any atom is -0.489 e. The van der Waals surface area contributed by atoms with Gasteiger partial charge in [-0.3, -0.25) is 9.69 Å². The summed E-state index contributed by atoms with van der Waals surface area (Å²) < 4.78 is 16.4. The lowest BCUT2D eigenvalue weighted by Crippen LogP contribution is -2.34. The van der Waals surface area contributed by atoms with E-state index in [2.05, 4.69) is 83.8 Å². The van der Waals surface area contributed by atoms with Crippen LogP contribution in [0.2, 0.25) is 0 Å². The molecule has 0 heterocycles. The minimum atomic E-state index is -0.301. The van der Waals surface area contributed by atoms with Gasteiger partial charge in [-0.05, 0) is 109 Å². The molecule has 4 aromatic rings. The van der Waals surface area contributed by atoms with Gasteiger partial charge in [0.25, 0.3) is 0 Å². The molecular weight excluding hydrogens is 586 g/mol. The Morgan fingerprint density at radius 3 is 2.28 bits per heavy atom. The Morgan fingerprint density at radius 2 is 1.49 bits per heavy atom. The van der Waals surface area contributed by atoms with Gasteiger partial charge < -0.3 is 14.2 Å². The number of aryl methyl sites for hydroxylation is 3. The van der Waals surface area contributed by atoms with Crippen LogP contribution in [0.4, 0.5) is 0 Å². The molecule has 4 aromatic carbocycles. The molecule has 0 saturated carbocycles. The van der Waals surface area contributed by atoms with E-state index in [4.69, 9.17) is 14.2 Å². The van der Waals surface area contributed by atoms with E-state index in [0.29, 0.717) is 18.6 Å². The van der Waals surface area contributed by atoms with Crippen LogP contribution in [-0.4, -0.2) is 44.1 Å². The van der Waals surface area contributed by atoms with Crippen LogP contribution in [0.1, 0.15) is 81.9 Å². The number of rotatable bonds is 16. The van der Waals surface area contributed by atoms with Crippen LogP contribution in [0.3, 0.4) is 0 Å². The zero-order chi connectivity index (χ0) is 32.8. The third-order valence-electron chi connectivity index (χ3n) is 9.26. The molecule has 246 valence electrons. The maximum absolute atomic E-state index is 12.2. The maximum Gasteiger partial charge on any atom is 0.337 e. The predicted octanol–water partition coefficient (Wildman–Crippen LogP) is 8.10. The molecule has 1 unspecified atom stereocenters. The van der Waals surface area contributed by atoms with E-state index in [1.807, 2.05) is 18.2 Å². The lowest BCUT2D eigenvalue weighted by atomic mass is 9.85. The number of methoxy groups -OCH3 is 2. The topological polar surface area (TPSA) is 65.1 Å². The van der Waals surface area contributed by atoms with Gasteiger partial charge in [0.05, 0.1) is 19.8 Å². The fraction of sp³-hybridized carbons (Fsp3) is 0.366. The van der Waals surface area contributed by atoms with E-state index < -0.39 is 0 Å². The number of carbonyl (C=O) groups is 2. The van der Waals surface area contributed by atoms with Crippen molar-refractivity contribution in [2.45, 2.75) is 70.4 Å². The van der Waals surface area contributed by atoms with Crippen LogP contribution >= 0.6 is 0 Å². The highest BCUT2D eigenvalue weighted by Crippen LogP contribution is 2.36. The molecule has 0 amide bonds. The van der Waals surface area contributed by atoms with E-state index in [0.717, 1.165) is 70.2 Å². The molecule has 0 aromatic heterocycles. The minimum absolute atomic E-state index is 0.164. The summed E-state index contributed by atoms with van der Waals surface area (Å²) in [7, 11) is 2.87. The number of carbonyl (C=O) groups excluding carboxylic acids is 2. The fourth-order valence-corrected chi connectivity index (χ4v) is 6.66. The second-order valence-corrected chi connectivity index (χ2v) is 12.3. The number of para-hydroxylation sites is 1. The third-order valence-corrected chi connectivity index (χ3v) is 9.26. The molecule has 6 heteroatoms. The van der Waals surface area contributed by atoms with Crippen molar-refractivity contribution >= 4 is 11.9 Å². The molecule has 1 aliphatic carbocycles. The summed E-state index contributed by atoms with van der Waals surface area (Å²) in [5, 5.41) is 0. The van der Waals surface area contributed by atoms with Crippen molar-refractivity contribution < 1.29 is 23.8 Å². The van der Waals surface area contributed by atoms with Gasteiger partial charge in [0.2, 0.25) is 0 Å². The molecular formula is C41H47NO5. The summed E-state index contributed by atoms with van der Waals surface area (Å²) in [6.07, 6.45) is 8.00. The Balaban J connectivity index is 1.28. The highest BCUT2D eigenvalue weighted by Gasteiger charge is 2.27. The first kappa shape index (κ1) is 33.9. The Hall–Kier alpha value is -4.42. The standard InChI is InChI=1S/C41H47NO5/c1-45-40(43)21-10-11-27-42(38-19-12-18-34-29-35(41(44)46-2)24-25-37(34)38)28-26-33-16-8-9-20-39(33)47-30-36-17-7-6-15-32(36)23-22-31-13-4-3-5-14-31/h3-9,13-17,20,24-25,29,38H,10-12,18-19,21-23,26-28,30H2,1-2H3. The van der Waals surface area contributed by atoms with E-state index in [-0.39, 0.29) is 18.0 Å². The lowest BCUT2D eigenvalue weighted by molar-refractivity contribution is -0.140. The van der Waals surface area contributed by atoms with E-state index in [1.165, 1.54) is 47.6 Å². The number of esters is 2. The van der Waals surface area contributed by atoms with Gasteiger partial charge in [-0.2, -0.15) is 0 Å². The van der Waals surface area contributed by atoms with Crippen LogP contribution in [-0.2, 0) is 46.6 Å². The molecule has 0 spiro atoms. The van der Waals surface area contributed by atoms with Gasteiger partial charge >= 0.3 is 11.9 Å². The highest BCUT2D eigenvalue weighted by molar-refractivity contribution is 5.89. The third kappa shape index (κ3) is 9.55. The van der Waals surface area contributed by atoms with Crippen molar-refractivity contribution in [1.29, 1.82) is 0 Å². The number of benzene rings is 4. The zero-order valence-electron chi connectivity index (χ0n) is 27.8. The predicted molar refractivity (Wildman–Crippen MR) is 186 cm³/mol. The van der Waals surface area contributed by atoms with Gasteiger partial charge in [0, 0.05) is 19.0 Å². The molecule has 1 atom stereocenters. The summed E-state index contributed by atoms with van der Waals surface area (Å²) in [6.45, 7) is 2.25. The van der Waals surface area contributed by atoms with Crippen molar-refractivity contribution in [3.05, 3.63) is 136 Å². The molecule has 0 fully saturated rings.